The monoisotopic (exact) mass is 202 g/mol. The normalized spacial score (nSPS) is 10.5. The topological polar surface area (TPSA) is 55.0 Å². The van der Waals surface area contributed by atoms with E-state index in [0.717, 1.165) is 29.0 Å². The Kier molecular flexibility index (Phi) is 2.41. The quantitative estimate of drug-likeness (QED) is 0.752. The molecule has 1 aromatic heterocycles. The van der Waals surface area contributed by atoms with Crippen molar-refractivity contribution < 1.29 is 0 Å². The van der Waals surface area contributed by atoms with Crippen molar-refractivity contribution in [3.05, 3.63) is 24.5 Å². The van der Waals surface area contributed by atoms with Gasteiger partial charge in [0.25, 0.3) is 0 Å². The van der Waals surface area contributed by atoms with E-state index in [0.29, 0.717) is 0 Å². The maximum absolute atomic E-state index is 5.95. The largest absolute Gasteiger partial charge is 0.397 e. The molecule has 1 heterocycles. The number of aromatic nitrogens is 2. The number of rotatable bonds is 2. The number of benzene rings is 1. The summed E-state index contributed by atoms with van der Waals surface area (Å²) in [5.41, 5.74) is 9.40. The second-order valence-electron chi connectivity index (χ2n) is 3.44. The molecular formula is C11H14N4. The molecule has 2 aromatic rings. The van der Waals surface area contributed by atoms with Crippen LogP contribution >= 0.6 is 0 Å². The van der Waals surface area contributed by atoms with Gasteiger partial charge < -0.3 is 10.6 Å². The summed E-state index contributed by atoms with van der Waals surface area (Å²) in [7, 11) is 2.00. The summed E-state index contributed by atoms with van der Waals surface area (Å²) < 4.78 is 0. The average Bonchev–Trinajstić information content (AvgIpc) is 2.28. The molecule has 0 fully saturated rings. The van der Waals surface area contributed by atoms with Gasteiger partial charge in [0.1, 0.15) is 5.52 Å². The molecule has 1 aromatic carbocycles. The van der Waals surface area contributed by atoms with Gasteiger partial charge in [0, 0.05) is 26.0 Å². The Bertz CT molecular complexity index is 481. The predicted molar refractivity (Wildman–Crippen MR) is 62.9 cm³/mol. The first kappa shape index (κ1) is 9.71. The summed E-state index contributed by atoms with van der Waals surface area (Å²) in [5.74, 6) is 0. The Morgan fingerprint density at radius 3 is 2.73 bits per heavy atom. The van der Waals surface area contributed by atoms with Crippen LogP contribution in [0.25, 0.3) is 11.0 Å². The van der Waals surface area contributed by atoms with E-state index in [2.05, 4.69) is 21.8 Å². The van der Waals surface area contributed by atoms with E-state index in [9.17, 15) is 0 Å². The third-order valence-corrected chi connectivity index (χ3v) is 2.50. The van der Waals surface area contributed by atoms with E-state index in [-0.39, 0.29) is 0 Å². The summed E-state index contributed by atoms with van der Waals surface area (Å²) >= 11 is 0. The van der Waals surface area contributed by atoms with Crippen LogP contribution in [0.1, 0.15) is 6.92 Å². The van der Waals surface area contributed by atoms with E-state index >= 15 is 0 Å². The van der Waals surface area contributed by atoms with Crippen molar-refractivity contribution in [3.8, 4) is 0 Å². The van der Waals surface area contributed by atoms with Gasteiger partial charge >= 0.3 is 0 Å². The molecule has 4 heteroatoms. The third-order valence-electron chi connectivity index (χ3n) is 2.50. The second kappa shape index (κ2) is 3.73. The van der Waals surface area contributed by atoms with Crippen molar-refractivity contribution in [2.45, 2.75) is 6.92 Å². The highest BCUT2D eigenvalue weighted by Crippen LogP contribution is 2.29. The van der Waals surface area contributed by atoms with Gasteiger partial charge in [-0.1, -0.05) is 0 Å². The summed E-state index contributed by atoms with van der Waals surface area (Å²) in [6.45, 7) is 2.97. The molecule has 0 saturated heterocycles. The van der Waals surface area contributed by atoms with Gasteiger partial charge in [-0.3, -0.25) is 9.97 Å². The minimum atomic E-state index is 0.743. The first-order valence-electron chi connectivity index (χ1n) is 4.94. The van der Waals surface area contributed by atoms with E-state index in [1.165, 1.54) is 0 Å². The standard InChI is InChI=1S/C11H14N4/c1-3-15(2)11-8(12)4-5-9-10(11)14-7-6-13-9/h4-7H,3,12H2,1-2H3. The first-order chi connectivity index (χ1) is 7.24. The Balaban J connectivity index is 2.74. The van der Waals surface area contributed by atoms with Crippen molar-refractivity contribution in [3.63, 3.8) is 0 Å². The minimum Gasteiger partial charge on any atom is -0.397 e. The number of fused-ring (bicyclic) bond motifs is 1. The van der Waals surface area contributed by atoms with Crippen LogP contribution < -0.4 is 10.6 Å². The minimum absolute atomic E-state index is 0.743. The smallest absolute Gasteiger partial charge is 0.114 e. The predicted octanol–water partition coefficient (Wildman–Crippen LogP) is 1.67. The van der Waals surface area contributed by atoms with Crippen molar-refractivity contribution in [2.75, 3.05) is 24.2 Å². The molecule has 0 amide bonds. The fourth-order valence-corrected chi connectivity index (χ4v) is 1.60. The lowest BCUT2D eigenvalue weighted by molar-refractivity contribution is 0.972. The fraction of sp³-hybridized carbons (Fsp3) is 0.273. The Morgan fingerprint density at radius 1 is 1.27 bits per heavy atom. The van der Waals surface area contributed by atoms with E-state index in [4.69, 9.17) is 5.73 Å². The molecule has 0 radical (unpaired) electrons. The average molecular weight is 202 g/mol. The molecule has 0 aliphatic rings. The maximum Gasteiger partial charge on any atom is 0.114 e. The van der Waals surface area contributed by atoms with Gasteiger partial charge in [-0.25, -0.2) is 0 Å². The molecule has 0 saturated carbocycles. The van der Waals surface area contributed by atoms with Crippen LogP contribution in [0.4, 0.5) is 11.4 Å². The molecule has 78 valence electrons. The van der Waals surface area contributed by atoms with Crippen LogP contribution in [-0.4, -0.2) is 23.6 Å². The van der Waals surface area contributed by atoms with Crippen LogP contribution in [0.2, 0.25) is 0 Å². The van der Waals surface area contributed by atoms with Gasteiger partial charge in [0.15, 0.2) is 0 Å². The van der Waals surface area contributed by atoms with Crippen molar-refractivity contribution >= 4 is 22.4 Å². The van der Waals surface area contributed by atoms with Crippen molar-refractivity contribution in [1.82, 2.24) is 9.97 Å². The highest BCUT2D eigenvalue weighted by molar-refractivity contribution is 5.94. The number of anilines is 2. The molecule has 0 spiro atoms. The van der Waals surface area contributed by atoms with E-state index in [1.54, 1.807) is 12.4 Å². The SMILES string of the molecule is CCN(C)c1c(N)ccc2nccnc12. The zero-order valence-electron chi connectivity index (χ0n) is 8.94. The molecule has 2 rings (SSSR count). The Labute approximate surface area is 88.7 Å². The summed E-state index contributed by atoms with van der Waals surface area (Å²) in [5, 5.41) is 0. The highest BCUT2D eigenvalue weighted by Gasteiger charge is 2.10. The molecule has 2 N–H and O–H groups in total. The lowest BCUT2D eigenvalue weighted by Crippen LogP contribution is -2.18. The van der Waals surface area contributed by atoms with Crippen LogP contribution in [0.5, 0.6) is 0 Å². The molecule has 0 atom stereocenters. The van der Waals surface area contributed by atoms with Gasteiger partial charge in [-0.05, 0) is 19.1 Å². The molecule has 0 aliphatic heterocycles. The van der Waals surface area contributed by atoms with E-state index < -0.39 is 0 Å². The Hall–Kier alpha value is -1.84. The van der Waals surface area contributed by atoms with Gasteiger partial charge in [0.2, 0.25) is 0 Å². The van der Waals surface area contributed by atoms with Crippen LogP contribution in [-0.2, 0) is 0 Å². The van der Waals surface area contributed by atoms with Crippen LogP contribution in [0, 0.1) is 0 Å². The van der Waals surface area contributed by atoms with Crippen LogP contribution in [0.3, 0.4) is 0 Å². The van der Waals surface area contributed by atoms with Gasteiger partial charge in [0.05, 0.1) is 16.9 Å². The maximum atomic E-state index is 5.95. The summed E-state index contributed by atoms with van der Waals surface area (Å²) in [6, 6.07) is 3.77. The zero-order valence-corrected chi connectivity index (χ0v) is 8.94. The lowest BCUT2D eigenvalue weighted by Gasteiger charge is -2.20. The molecule has 4 nitrogen and oxygen atoms in total. The fourth-order valence-electron chi connectivity index (χ4n) is 1.60. The molecule has 0 bridgehead atoms. The number of nitrogen functional groups attached to an aromatic ring is 1. The van der Waals surface area contributed by atoms with E-state index in [1.807, 2.05) is 19.2 Å². The number of hydrogen-bond donors (Lipinski definition) is 1. The summed E-state index contributed by atoms with van der Waals surface area (Å²) in [4.78, 5) is 10.7. The third kappa shape index (κ3) is 1.58. The Morgan fingerprint density at radius 2 is 2.00 bits per heavy atom. The van der Waals surface area contributed by atoms with Crippen molar-refractivity contribution in [2.24, 2.45) is 0 Å². The van der Waals surface area contributed by atoms with Crippen LogP contribution in [0.15, 0.2) is 24.5 Å². The number of nitrogens with two attached hydrogens (primary N) is 1. The van der Waals surface area contributed by atoms with Crippen molar-refractivity contribution in [1.29, 1.82) is 0 Å². The molecule has 15 heavy (non-hydrogen) atoms. The zero-order chi connectivity index (χ0) is 10.8. The summed E-state index contributed by atoms with van der Waals surface area (Å²) in [6.07, 6.45) is 3.38. The molecule has 0 unspecified atom stereocenters. The molecule has 0 aliphatic carbocycles. The second-order valence-corrected chi connectivity index (χ2v) is 3.44. The van der Waals surface area contributed by atoms with Gasteiger partial charge in [-0.15, -0.1) is 0 Å². The molecular weight excluding hydrogens is 188 g/mol. The first-order valence-corrected chi connectivity index (χ1v) is 4.94. The van der Waals surface area contributed by atoms with Gasteiger partial charge in [-0.2, -0.15) is 0 Å². The number of nitrogens with zero attached hydrogens (tertiary/aromatic N) is 3. The highest BCUT2D eigenvalue weighted by atomic mass is 15.1. The lowest BCUT2D eigenvalue weighted by atomic mass is 10.2. The number of hydrogen-bond acceptors (Lipinski definition) is 4.